The number of carbonyl (C=O) groups is 4. The monoisotopic (exact) mass is 595 g/mol. The number of hydrogen-bond acceptors (Lipinski definition) is 4. The number of fused-ring (bicyclic) bond motifs is 2. The van der Waals surface area contributed by atoms with E-state index < -0.39 is 47.0 Å². The molecule has 1 saturated heterocycles. The van der Waals surface area contributed by atoms with E-state index in [1.807, 2.05) is 0 Å². The van der Waals surface area contributed by atoms with Gasteiger partial charge < -0.3 is 20.9 Å². The third-order valence-electron chi connectivity index (χ3n) is 8.76. The second-order valence-corrected chi connectivity index (χ2v) is 11.5. The lowest BCUT2D eigenvalue weighted by Crippen LogP contribution is -2.53. The third kappa shape index (κ3) is 4.92. The van der Waals surface area contributed by atoms with Gasteiger partial charge in [0.2, 0.25) is 29.6 Å². The maximum Gasteiger partial charge on any atom is 0.422 e. The molecule has 3 heterocycles. The maximum atomic E-state index is 14.2. The van der Waals surface area contributed by atoms with Crippen LogP contribution in [0.25, 0.3) is 5.69 Å². The van der Waals surface area contributed by atoms with Crippen molar-refractivity contribution in [2.45, 2.75) is 49.4 Å². The van der Waals surface area contributed by atoms with E-state index in [1.165, 1.54) is 47.4 Å². The Bertz CT molecular complexity index is 1630. The summed E-state index contributed by atoms with van der Waals surface area (Å²) in [5.41, 5.74) is 4.86. The molecule has 2 aliphatic heterocycles. The molecular weight excluding hydrogens is 565 g/mol. The van der Waals surface area contributed by atoms with Crippen LogP contribution in [0.1, 0.15) is 47.2 Å². The molecule has 0 radical (unpaired) electrons. The number of rotatable bonds is 7. The van der Waals surface area contributed by atoms with Gasteiger partial charge in [-0.2, -0.15) is 18.3 Å². The lowest BCUT2D eigenvalue weighted by molar-refractivity contribution is -0.656. The number of alkyl halides is 3. The first-order chi connectivity index (χ1) is 20.4. The number of para-hydroxylation sites is 2. The van der Waals surface area contributed by atoms with E-state index in [2.05, 4.69) is 10.4 Å². The highest BCUT2D eigenvalue weighted by molar-refractivity contribution is 6.08. The number of nitrogens with one attached hydrogen (secondary N) is 2. The number of primary amides is 1. The normalized spacial score (nSPS) is 21.9. The highest BCUT2D eigenvalue weighted by Gasteiger charge is 2.58. The molecular formula is C30H30F3N6O4+. The number of H-pyrrole nitrogens is 1. The Balaban J connectivity index is 1.29. The summed E-state index contributed by atoms with van der Waals surface area (Å²) < 4.78 is 41.9. The summed E-state index contributed by atoms with van der Waals surface area (Å²) in [4.78, 5) is 56.3. The van der Waals surface area contributed by atoms with Crippen LogP contribution < -0.4 is 15.7 Å². The van der Waals surface area contributed by atoms with Gasteiger partial charge in [-0.3, -0.25) is 19.2 Å². The number of hydrogen-bond donors (Lipinski definition) is 3. The number of amides is 4. The number of halogens is 3. The van der Waals surface area contributed by atoms with Crippen LogP contribution in [-0.4, -0.2) is 64.2 Å². The lowest BCUT2D eigenvalue weighted by atomic mass is 9.79. The highest BCUT2D eigenvalue weighted by Crippen LogP contribution is 2.47. The fourth-order valence-corrected chi connectivity index (χ4v) is 6.29. The summed E-state index contributed by atoms with van der Waals surface area (Å²) in [6, 6.07) is 10.0. The number of aromatic nitrogens is 2. The quantitative estimate of drug-likeness (QED) is 0.362. The van der Waals surface area contributed by atoms with Crippen molar-refractivity contribution in [2.75, 3.05) is 18.9 Å². The van der Waals surface area contributed by atoms with Crippen LogP contribution in [0, 0.1) is 5.92 Å². The first-order valence-electron chi connectivity index (χ1n) is 14.0. The molecule has 4 N–H and O–H groups in total. The average Bonchev–Trinajstić information content (AvgIpc) is 3.39. The van der Waals surface area contributed by atoms with Gasteiger partial charge in [-0.05, 0) is 36.5 Å². The van der Waals surface area contributed by atoms with Gasteiger partial charge in [0.25, 0.3) is 5.91 Å². The molecule has 43 heavy (non-hydrogen) atoms. The van der Waals surface area contributed by atoms with Crippen LogP contribution >= 0.6 is 0 Å². The first-order valence-corrected chi connectivity index (χ1v) is 14.0. The van der Waals surface area contributed by atoms with Gasteiger partial charge in [0.05, 0.1) is 11.6 Å². The van der Waals surface area contributed by atoms with Crippen molar-refractivity contribution in [3.8, 4) is 5.69 Å². The summed E-state index contributed by atoms with van der Waals surface area (Å²) in [7, 11) is 1.46. The van der Waals surface area contributed by atoms with E-state index in [-0.39, 0.29) is 36.0 Å². The standard InChI is InChI=1S/C30H29F3N6O4/c1-37(26(41)18-14-35-39(15-18)22-9-5-3-7-20(22)30(31,32)33)23(12-17-10-11-17)27(42)38-16-29(13-24(38)25(34)40)19-6-2-4-8-21(19)36-28(29)43/h2-9,14-15,17,23-24H,10-13,16H2,1H3,(H3,34,36,40,43)/p+1/t23-,24-,29-/m0/s1. The SMILES string of the molecule is CN(C(=O)c1c[nH][n+](-c2ccccc2C(F)(F)F)c1)[C@@H](CC1CC1)C(=O)N1C[C@]2(C[C@H]1C(N)=O)C(=O)Nc1ccccc12. The minimum Gasteiger partial charge on any atom is -0.368 e. The Morgan fingerprint density at radius 2 is 1.84 bits per heavy atom. The van der Waals surface area contributed by atoms with Gasteiger partial charge in [0.15, 0.2) is 0 Å². The number of nitrogens with two attached hydrogens (primary N) is 1. The predicted molar refractivity (Wildman–Crippen MR) is 147 cm³/mol. The van der Waals surface area contributed by atoms with E-state index >= 15 is 0 Å². The van der Waals surface area contributed by atoms with Crippen molar-refractivity contribution in [1.29, 1.82) is 0 Å². The lowest BCUT2D eigenvalue weighted by Gasteiger charge is -2.33. The van der Waals surface area contributed by atoms with Gasteiger partial charge in [0.1, 0.15) is 23.2 Å². The molecule has 6 rings (SSSR count). The van der Waals surface area contributed by atoms with Crippen LogP contribution in [0.3, 0.4) is 0 Å². The Morgan fingerprint density at radius 1 is 1.14 bits per heavy atom. The average molecular weight is 596 g/mol. The van der Waals surface area contributed by atoms with Gasteiger partial charge >= 0.3 is 6.18 Å². The van der Waals surface area contributed by atoms with Gasteiger partial charge in [-0.15, -0.1) is 0 Å². The molecule has 1 aromatic heterocycles. The van der Waals surface area contributed by atoms with Gasteiger partial charge in [-0.1, -0.05) is 47.9 Å². The molecule has 4 amide bonds. The smallest absolute Gasteiger partial charge is 0.368 e. The fourth-order valence-electron chi connectivity index (χ4n) is 6.29. The fraction of sp³-hybridized carbons (Fsp3) is 0.367. The predicted octanol–water partition coefficient (Wildman–Crippen LogP) is 2.53. The van der Waals surface area contributed by atoms with E-state index in [1.54, 1.807) is 24.3 Å². The van der Waals surface area contributed by atoms with Crippen molar-refractivity contribution in [3.05, 3.63) is 77.6 Å². The number of carbonyl (C=O) groups excluding carboxylic acids is 4. The van der Waals surface area contributed by atoms with E-state index in [4.69, 9.17) is 5.73 Å². The van der Waals surface area contributed by atoms with Crippen LogP contribution in [0.2, 0.25) is 0 Å². The van der Waals surface area contributed by atoms with Crippen LogP contribution in [-0.2, 0) is 26.0 Å². The molecule has 0 bridgehead atoms. The molecule has 10 nitrogen and oxygen atoms in total. The zero-order chi connectivity index (χ0) is 30.7. The van der Waals surface area contributed by atoms with E-state index in [0.29, 0.717) is 17.7 Å². The number of anilines is 1. The highest BCUT2D eigenvalue weighted by atomic mass is 19.4. The molecule has 3 aliphatic rings. The molecule has 1 aliphatic carbocycles. The first kappa shape index (κ1) is 28.4. The third-order valence-corrected chi connectivity index (χ3v) is 8.76. The Kier molecular flexibility index (Phi) is 6.78. The number of likely N-dealkylation sites (tertiary alicyclic amines) is 1. The van der Waals surface area contributed by atoms with Crippen LogP contribution in [0.4, 0.5) is 18.9 Å². The Labute approximate surface area is 244 Å². The van der Waals surface area contributed by atoms with Crippen molar-refractivity contribution in [3.63, 3.8) is 0 Å². The number of aromatic amines is 1. The van der Waals surface area contributed by atoms with E-state index in [0.717, 1.165) is 23.6 Å². The molecule has 1 spiro atoms. The van der Waals surface area contributed by atoms with Gasteiger partial charge in [0, 0.05) is 25.3 Å². The molecule has 2 aromatic carbocycles. The molecule has 3 atom stereocenters. The molecule has 3 aromatic rings. The minimum absolute atomic E-state index is 0.0150. The van der Waals surface area contributed by atoms with E-state index in [9.17, 15) is 32.3 Å². The molecule has 2 fully saturated rings. The molecule has 1 saturated carbocycles. The van der Waals surface area contributed by atoms with Crippen molar-refractivity contribution >= 4 is 29.3 Å². The number of nitrogens with zero attached hydrogens (tertiary/aromatic N) is 3. The topological polar surface area (TPSA) is 132 Å². The van der Waals surface area contributed by atoms with Crippen LogP contribution in [0.5, 0.6) is 0 Å². The van der Waals surface area contributed by atoms with Gasteiger partial charge in [-0.25, -0.2) is 0 Å². The Morgan fingerprint density at radius 3 is 2.53 bits per heavy atom. The van der Waals surface area contributed by atoms with Crippen molar-refractivity contribution in [1.82, 2.24) is 14.9 Å². The summed E-state index contributed by atoms with van der Waals surface area (Å²) in [6.45, 7) is -0.0795. The van der Waals surface area contributed by atoms with Crippen LogP contribution in [0.15, 0.2) is 60.9 Å². The molecule has 0 unspecified atom stereocenters. The number of benzene rings is 2. The second-order valence-electron chi connectivity index (χ2n) is 11.5. The minimum atomic E-state index is -4.61. The zero-order valence-electron chi connectivity index (χ0n) is 23.2. The maximum absolute atomic E-state index is 14.2. The summed E-state index contributed by atoms with van der Waals surface area (Å²) in [5.74, 6) is -1.98. The van der Waals surface area contributed by atoms with Crippen molar-refractivity contribution < 1.29 is 37.0 Å². The Hall–Kier alpha value is -4.68. The number of likely N-dealkylation sites (N-methyl/N-ethyl adjacent to an activating group) is 1. The second kappa shape index (κ2) is 10.2. The molecule has 224 valence electrons. The zero-order valence-corrected chi connectivity index (χ0v) is 23.2. The summed E-state index contributed by atoms with van der Waals surface area (Å²) >= 11 is 0. The molecule has 13 heteroatoms. The van der Waals surface area contributed by atoms with Crippen molar-refractivity contribution in [2.24, 2.45) is 11.7 Å². The summed E-state index contributed by atoms with van der Waals surface area (Å²) in [6.07, 6.45) is 0.0201. The summed E-state index contributed by atoms with van der Waals surface area (Å²) in [5, 5.41) is 5.53. The largest absolute Gasteiger partial charge is 0.422 e.